The summed E-state index contributed by atoms with van der Waals surface area (Å²) in [7, 11) is -3.77. The van der Waals surface area contributed by atoms with Crippen LogP contribution in [0.15, 0.2) is 20.9 Å². The second-order valence-corrected chi connectivity index (χ2v) is 5.20. The highest BCUT2D eigenvalue weighted by atomic mass is 32.2. The van der Waals surface area contributed by atoms with Crippen LogP contribution in [0.4, 0.5) is 0 Å². The van der Waals surface area contributed by atoms with Crippen molar-refractivity contribution in [1.82, 2.24) is 0 Å². The summed E-state index contributed by atoms with van der Waals surface area (Å²) in [6, 6.07) is 3.16. The van der Waals surface area contributed by atoms with Crippen molar-refractivity contribution in [3.05, 3.63) is 27.5 Å². The molecule has 0 aliphatic heterocycles. The zero-order chi connectivity index (χ0) is 9.90. The molecular weight excluding hydrogens is 210 g/mol. The lowest BCUT2D eigenvalue weighted by molar-refractivity contribution is 0.599. The van der Waals surface area contributed by atoms with E-state index in [2.05, 4.69) is 9.43 Å². The Balaban J connectivity index is 3.15. The quantitative estimate of drug-likeness (QED) is 0.442. The fourth-order valence-corrected chi connectivity index (χ4v) is 2.71. The van der Waals surface area contributed by atoms with Gasteiger partial charge in [0.15, 0.2) is 0 Å². The number of hydrogen-bond donors (Lipinski definition) is 0. The zero-order valence-corrected chi connectivity index (χ0v) is 8.47. The highest BCUT2D eigenvalue weighted by Crippen LogP contribution is 2.23. The van der Waals surface area contributed by atoms with Gasteiger partial charge in [0.25, 0.3) is 10.0 Å². The maximum atomic E-state index is 11.2. The van der Waals surface area contributed by atoms with Gasteiger partial charge in [0.2, 0.25) is 0 Å². The molecule has 1 heterocycles. The molecule has 0 aromatic carbocycles. The Kier molecular flexibility index (Phi) is 2.92. The maximum absolute atomic E-state index is 11.2. The van der Waals surface area contributed by atoms with E-state index in [1.165, 1.54) is 6.07 Å². The van der Waals surface area contributed by atoms with E-state index in [-0.39, 0.29) is 4.21 Å². The van der Waals surface area contributed by atoms with Crippen molar-refractivity contribution in [3.8, 4) is 0 Å². The van der Waals surface area contributed by atoms with Crippen LogP contribution >= 0.6 is 11.3 Å². The van der Waals surface area contributed by atoms with Crippen LogP contribution in [-0.4, -0.2) is 8.42 Å². The molecule has 0 aliphatic rings. The highest BCUT2D eigenvalue weighted by molar-refractivity contribution is 7.92. The molecule has 1 rings (SSSR count). The first kappa shape index (κ1) is 10.0. The Morgan fingerprint density at radius 3 is 2.77 bits per heavy atom. The summed E-state index contributed by atoms with van der Waals surface area (Å²) >= 11 is 1.13. The SMILES string of the molecule is CCc1ccc(S(=O)(=O)N=[N+]=[N-])s1. The van der Waals surface area contributed by atoms with E-state index in [1.54, 1.807) is 6.07 Å². The van der Waals surface area contributed by atoms with Gasteiger partial charge in [-0.3, -0.25) is 0 Å². The van der Waals surface area contributed by atoms with Gasteiger partial charge in [-0.1, -0.05) is 6.92 Å². The monoisotopic (exact) mass is 217 g/mol. The van der Waals surface area contributed by atoms with Crippen LogP contribution in [0.1, 0.15) is 11.8 Å². The standard InChI is InChI=1S/C6H7N3O2S2/c1-2-5-3-4-6(12-5)13(10,11)9-8-7/h3-4H,2H2,1H3. The number of thiophene rings is 1. The molecule has 0 bridgehead atoms. The van der Waals surface area contributed by atoms with Crippen LogP contribution < -0.4 is 0 Å². The molecule has 5 nitrogen and oxygen atoms in total. The number of nitrogens with zero attached hydrogens (tertiary/aromatic N) is 3. The van der Waals surface area contributed by atoms with Crippen LogP contribution in [0.2, 0.25) is 0 Å². The number of rotatable bonds is 3. The van der Waals surface area contributed by atoms with Gasteiger partial charge in [-0.15, -0.1) is 11.3 Å². The first-order chi connectivity index (χ1) is 6.10. The molecule has 1 aromatic rings. The second kappa shape index (κ2) is 3.78. The molecule has 0 spiro atoms. The van der Waals surface area contributed by atoms with Gasteiger partial charge in [-0.25, -0.2) is 8.42 Å². The molecule has 0 N–H and O–H groups in total. The van der Waals surface area contributed by atoms with Crippen LogP contribution in [0.3, 0.4) is 0 Å². The molecule has 0 amide bonds. The van der Waals surface area contributed by atoms with Crippen LogP contribution in [0.25, 0.3) is 10.4 Å². The molecule has 1 aromatic heterocycles. The Hall–Kier alpha value is -1.04. The van der Waals surface area contributed by atoms with Gasteiger partial charge >= 0.3 is 0 Å². The second-order valence-electron chi connectivity index (χ2n) is 2.22. The molecule has 0 fully saturated rings. The molecule has 70 valence electrons. The van der Waals surface area contributed by atoms with Gasteiger partial charge < -0.3 is 0 Å². The predicted octanol–water partition coefficient (Wildman–Crippen LogP) is 2.31. The van der Waals surface area contributed by atoms with Crippen molar-refractivity contribution in [1.29, 1.82) is 0 Å². The molecule has 7 heteroatoms. The average Bonchev–Trinajstić information content (AvgIpc) is 2.52. The third kappa shape index (κ3) is 2.21. The fourth-order valence-electron chi connectivity index (χ4n) is 0.775. The van der Waals surface area contributed by atoms with Gasteiger partial charge in [-0.2, -0.15) is 0 Å². The van der Waals surface area contributed by atoms with E-state index in [1.807, 2.05) is 6.92 Å². The smallest absolute Gasteiger partial charge is 0.215 e. The number of hydrogen-bond acceptors (Lipinski definition) is 3. The third-order valence-electron chi connectivity index (χ3n) is 1.38. The molecule has 0 atom stereocenters. The summed E-state index contributed by atoms with van der Waals surface area (Å²) in [5.41, 5.74) is 8.01. The zero-order valence-electron chi connectivity index (χ0n) is 6.84. The molecular formula is C6H7N3O2S2. The molecule has 0 aliphatic carbocycles. The maximum Gasteiger partial charge on any atom is 0.273 e. The first-order valence-corrected chi connectivity index (χ1v) is 5.76. The number of azide groups is 1. The van der Waals surface area contributed by atoms with E-state index in [9.17, 15) is 8.42 Å². The minimum Gasteiger partial charge on any atom is -0.215 e. The predicted molar refractivity (Wildman–Crippen MR) is 50.0 cm³/mol. The van der Waals surface area contributed by atoms with E-state index in [0.29, 0.717) is 0 Å². The summed E-state index contributed by atoms with van der Waals surface area (Å²) in [5, 5.41) is 0. The largest absolute Gasteiger partial charge is 0.273 e. The molecule has 0 saturated heterocycles. The topological polar surface area (TPSA) is 82.9 Å². The number of aryl methyl sites for hydroxylation is 1. The van der Waals surface area contributed by atoms with Gasteiger partial charge in [0.1, 0.15) is 4.21 Å². The van der Waals surface area contributed by atoms with Gasteiger partial charge in [0, 0.05) is 14.3 Å². The van der Waals surface area contributed by atoms with Crippen LogP contribution in [0, 0.1) is 0 Å². The summed E-state index contributed by atoms with van der Waals surface area (Å²) < 4.78 is 25.1. The fraction of sp³-hybridized carbons (Fsp3) is 0.333. The lowest BCUT2D eigenvalue weighted by atomic mass is 10.4. The minimum atomic E-state index is -3.77. The van der Waals surface area contributed by atoms with E-state index in [0.717, 1.165) is 22.6 Å². The van der Waals surface area contributed by atoms with Crippen LogP contribution in [-0.2, 0) is 16.4 Å². The van der Waals surface area contributed by atoms with Crippen LogP contribution in [0.5, 0.6) is 0 Å². The number of sulfonamides is 1. The third-order valence-corrected chi connectivity index (χ3v) is 4.22. The Morgan fingerprint density at radius 2 is 2.31 bits per heavy atom. The highest BCUT2D eigenvalue weighted by Gasteiger charge is 2.13. The van der Waals surface area contributed by atoms with Gasteiger partial charge in [-0.05, 0) is 24.1 Å². The van der Waals surface area contributed by atoms with Crippen molar-refractivity contribution in [2.75, 3.05) is 0 Å². The Morgan fingerprint density at radius 1 is 1.62 bits per heavy atom. The lowest BCUT2D eigenvalue weighted by Gasteiger charge is -1.88. The molecule has 0 saturated carbocycles. The summed E-state index contributed by atoms with van der Waals surface area (Å²) in [6.45, 7) is 1.93. The molecule has 0 radical (unpaired) electrons. The van der Waals surface area contributed by atoms with E-state index < -0.39 is 10.0 Å². The van der Waals surface area contributed by atoms with E-state index >= 15 is 0 Å². The van der Waals surface area contributed by atoms with E-state index in [4.69, 9.17) is 5.53 Å². The minimum absolute atomic E-state index is 0.0992. The summed E-state index contributed by atoms with van der Waals surface area (Å²) in [4.78, 5) is 3.21. The van der Waals surface area contributed by atoms with Crippen molar-refractivity contribution < 1.29 is 8.42 Å². The van der Waals surface area contributed by atoms with Crippen molar-refractivity contribution in [3.63, 3.8) is 0 Å². The van der Waals surface area contributed by atoms with Gasteiger partial charge in [0.05, 0.1) is 0 Å². The normalized spacial score (nSPS) is 10.8. The Labute approximate surface area is 79.7 Å². The van der Waals surface area contributed by atoms with Crippen molar-refractivity contribution in [2.45, 2.75) is 17.6 Å². The summed E-state index contributed by atoms with van der Waals surface area (Å²) in [5.74, 6) is 0. The van der Waals surface area contributed by atoms with Crippen molar-refractivity contribution >= 4 is 21.4 Å². The summed E-state index contributed by atoms with van der Waals surface area (Å²) in [6.07, 6.45) is 0.774. The van der Waals surface area contributed by atoms with Crippen molar-refractivity contribution in [2.24, 2.45) is 4.52 Å². The first-order valence-electron chi connectivity index (χ1n) is 3.50. The molecule has 0 unspecified atom stereocenters. The average molecular weight is 217 g/mol. The lowest BCUT2D eigenvalue weighted by Crippen LogP contribution is -1.90. The Bertz CT molecular complexity index is 442. The molecule has 13 heavy (non-hydrogen) atoms.